The summed E-state index contributed by atoms with van der Waals surface area (Å²) in [6.45, 7) is 5.88. The number of hydrogen-bond acceptors (Lipinski definition) is 5. The predicted molar refractivity (Wildman–Crippen MR) is 97.6 cm³/mol. The molecule has 0 aliphatic carbocycles. The number of ether oxygens (including phenoxy) is 4. The Balaban J connectivity index is 1.70. The van der Waals surface area contributed by atoms with Crippen molar-refractivity contribution in [2.24, 2.45) is 0 Å². The Hall–Kier alpha value is -2.53. The minimum atomic E-state index is -0.361. The van der Waals surface area contributed by atoms with E-state index in [1.165, 1.54) is 6.92 Å². The first-order valence-corrected chi connectivity index (χ1v) is 8.92. The van der Waals surface area contributed by atoms with Gasteiger partial charge in [-0.15, -0.1) is 0 Å². The molecule has 0 N–H and O–H groups in total. The molecule has 0 fully saturated rings. The van der Waals surface area contributed by atoms with Crippen LogP contribution in [0.2, 0.25) is 0 Å². The van der Waals surface area contributed by atoms with Crippen molar-refractivity contribution in [1.29, 1.82) is 0 Å². The lowest BCUT2D eigenvalue weighted by atomic mass is 10.1. The SMILES string of the molecule is CCOc1ccc2c(c1)OC(OC(C)c1ccccc1OC(C)=O)CC2. The third-order valence-corrected chi connectivity index (χ3v) is 4.22. The lowest BCUT2D eigenvalue weighted by molar-refractivity contribution is -0.133. The van der Waals surface area contributed by atoms with Crippen LogP contribution >= 0.6 is 0 Å². The third-order valence-electron chi connectivity index (χ3n) is 4.22. The van der Waals surface area contributed by atoms with Gasteiger partial charge in [0, 0.05) is 25.0 Å². The highest BCUT2D eigenvalue weighted by Gasteiger charge is 2.24. The van der Waals surface area contributed by atoms with Gasteiger partial charge in [0.05, 0.1) is 12.7 Å². The summed E-state index contributed by atoms with van der Waals surface area (Å²) in [7, 11) is 0. The fourth-order valence-corrected chi connectivity index (χ4v) is 3.04. The number of esters is 1. The van der Waals surface area contributed by atoms with Crippen molar-refractivity contribution in [1.82, 2.24) is 0 Å². The summed E-state index contributed by atoms with van der Waals surface area (Å²) in [6.07, 6.45) is 1.01. The zero-order valence-electron chi connectivity index (χ0n) is 15.4. The van der Waals surface area contributed by atoms with Crippen LogP contribution in [0.3, 0.4) is 0 Å². The van der Waals surface area contributed by atoms with Crippen LogP contribution in [0.5, 0.6) is 17.2 Å². The van der Waals surface area contributed by atoms with E-state index in [2.05, 4.69) is 0 Å². The average molecular weight is 356 g/mol. The summed E-state index contributed by atoms with van der Waals surface area (Å²) in [6, 6.07) is 13.3. The summed E-state index contributed by atoms with van der Waals surface area (Å²) < 4.78 is 22.9. The van der Waals surface area contributed by atoms with Crippen molar-refractivity contribution in [3.63, 3.8) is 0 Å². The zero-order chi connectivity index (χ0) is 18.5. The van der Waals surface area contributed by atoms with Crippen molar-refractivity contribution in [2.75, 3.05) is 6.61 Å². The molecule has 0 amide bonds. The number of fused-ring (bicyclic) bond motifs is 1. The van der Waals surface area contributed by atoms with Gasteiger partial charge in [-0.25, -0.2) is 0 Å². The Morgan fingerprint density at radius 3 is 2.85 bits per heavy atom. The maximum atomic E-state index is 11.3. The molecule has 0 spiro atoms. The monoisotopic (exact) mass is 356 g/mol. The number of para-hydroxylation sites is 1. The smallest absolute Gasteiger partial charge is 0.308 e. The van der Waals surface area contributed by atoms with Crippen LogP contribution in [0.15, 0.2) is 42.5 Å². The Bertz CT molecular complexity index is 771. The van der Waals surface area contributed by atoms with Gasteiger partial charge >= 0.3 is 5.97 Å². The van der Waals surface area contributed by atoms with Gasteiger partial charge in [0.2, 0.25) is 6.29 Å². The van der Waals surface area contributed by atoms with Crippen molar-refractivity contribution >= 4 is 5.97 Å². The molecule has 2 aromatic rings. The lowest BCUT2D eigenvalue weighted by Gasteiger charge is -2.29. The maximum Gasteiger partial charge on any atom is 0.308 e. The molecule has 5 heteroatoms. The molecule has 3 rings (SSSR count). The predicted octanol–water partition coefficient (Wildman–Crippen LogP) is 4.44. The zero-order valence-corrected chi connectivity index (χ0v) is 15.4. The van der Waals surface area contributed by atoms with Crippen LogP contribution in [-0.4, -0.2) is 18.9 Å². The highest BCUT2D eigenvalue weighted by atomic mass is 16.7. The molecule has 26 heavy (non-hydrogen) atoms. The summed E-state index contributed by atoms with van der Waals surface area (Å²) in [5.41, 5.74) is 1.97. The van der Waals surface area contributed by atoms with Gasteiger partial charge in [-0.05, 0) is 38.0 Å². The van der Waals surface area contributed by atoms with E-state index >= 15 is 0 Å². The van der Waals surface area contributed by atoms with Gasteiger partial charge in [0.1, 0.15) is 17.2 Å². The van der Waals surface area contributed by atoms with Crippen LogP contribution in [0.4, 0.5) is 0 Å². The Kier molecular flexibility index (Phi) is 5.78. The van der Waals surface area contributed by atoms with Crippen molar-refractivity contribution < 1.29 is 23.7 Å². The Morgan fingerprint density at radius 2 is 2.08 bits per heavy atom. The second kappa shape index (κ2) is 8.23. The van der Waals surface area contributed by atoms with Crippen LogP contribution in [-0.2, 0) is 16.0 Å². The summed E-state index contributed by atoms with van der Waals surface area (Å²) >= 11 is 0. The van der Waals surface area contributed by atoms with E-state index < -0.39 is 0 Å². The third kappa shape index (κ3) is 4.35. The second-order valence-corrected chi connectivity index (χ2v) is 6.20. The molecule has 0 saturated heterocycles. The first-order chi connectivity index (χ1) is 12.6. The standard InChI is InChI=1S/C21H24O5/c1-4-23-17-11-9-16-10-12-21(26-20(16)13-17)24-14(2)18-7-5-6-8-19(18)25-15(3)22/h5-9,11,13-14,21H,4,10,12H2,1-3H3. The van der Waals surface area contributed by atoms with E-state index in [1.807, 2.05) is 50.2 Å². The summed E-state index contributed by atoms with van der Waals surface area (Å²) in [5, 5.41) is 0. The molecular formula is C21H24O5. The number of aryl methyl sites for hydroxylation is 1. The first-order valence-electron chi connectivity index (χ1n) is 8.92. The molecule has 0 saturated carbocycles. The molecule has 5 nitrogen and oxygen atoms in total. The fourth-order valence-electron chi connectivity index (χ4n) is 3.04. The number of hydrogen-bond donors (Lipinski definition) is 0. The van der Waals surface area contributed by atoms with Crippen LogP contribution in [0, 0.1) is 0 Å². The van der Waals surface area contributed by atoms with Gasteiger partial charge in [-0.2, -0.15) is 0 Å². The molecule has 2 aromatic carbocycles. The second-order valence-electron chi connectivity index (χ2n) is 6.20. The quantitative estimate of drug-likeness (QED) is 0.566. The van der Waals surface area contributed by atoms with Gasteiger partial charge in [0.25, 0.3) is 0 Å². The summed E-state index contributed by atoms with van der Waals surface area (Å²) in [4.78, 5) is 11.3. The maximum absolute atomic E-state index is 11.3. The van der Waals surface area contributed by atoms with E-state index in [4.69, 9.17) is 18.9 Å². The summed E-state index contributed by atoms with van der Waals surface area (Å²) in [5.74, 6) is 1.76. The number of rotatable bonds is 6. The van der Waals surface area contributed by atoms with Gasteiger partial charge in [0.15, 0.2) is 0 Å². The Morgan fingerprint density at radius 1 is 1.27 bits per heavy atom. The molecular weight excluding hydrogens is 332 g/mol. The van der Waals surface area contributed by atoms with Gasteiger partial charge in [-0.1, -0.05) is 24.3 Å². The van der Waals surface area contributed by atoms with E-state index in [0.717, 1.165) is 35.5 Å². The molecule has 0 bridgehead atoms. The molecule has 1 aliphatic rings. The van der Waals surface area contributed by atoms with E-state index in [9.17, 15) is 4.79 Å². The van der Waals surface area contributed by atoms with Crippen molar-refractivity contribution in [3.05, 3.63) is 53.6 Å². The molecule has 1 aliphatic heterocycles. The largest absolute Gasteiger partial charge is 0.494 e. The Labute approximate surface area is 153 Å². The number of carbonyl (C=O) groups is 1. The van der Waals surface area contributed by atoms with E-state index in [0.29, 0.717) is 12.4 Å². The number of benzene rings is 2. The molecule has 1 heterocycles. The van der Waals surface area contributed by atoms with Gasteiger partial charge in [-0.3, -0.25) is 4.79 Å². The molecule has 2 unspecified atom stereocenters. The van der Waals surface area contributed by atoms with Crippen LogP contribution in [0.1, 0.15) is 44.4 Å². The minimum Gasteiger partial charge on any atom is -0.494 e. The highest BCUT2D eigenvalue weighted by molar-refractivity contribution is 5.69. The fraction of sp³-hybridized carbons (Fsp3) is 0.381. The lowest BCUT2D eigenvalue weighted by Crippen LogP contribution is -2.27. The van der Waals surface area contributed by atoms with Gasteiger partial charge < -0.3 is 18.9 Å². The molecule has 138 valence electrons. The van der Waals surface area contributed by atoms with E-state index in [1.54, 1.807) is 6.07 Å². The van der Waals surface area contributed by atoms with Crippen LogP contribution in [0.25, 0.3) is 0 Å². The normalized spacial score (nSPS) is 17.0. The first kappa shape index (κ1) is 18.3. The van der Waals surface area contributed by atoms with E-state index in [-0.39, 0.29) is 18.4 Å². The average Bonchev–Trinajstić information content (AvgIpc) is 2.61. The number of carbonyl (C=O) groups excluding carboxylic acids is 1. The van der Waals surface area contributed by atoms with Crippen LogP contribution < -0.4 is 14.2 Å². The molecule has 2 atom stereocenters. The molecule has 0 aromatic heterocycles. The topological polar surface area (TPSA) is 54.0 Å². The van der Waals surface area contributed by atoms with Crippen molar-refractivity contribution in [3.8, 4) is 17.2 Å². The minimum absolute atomic E-state index is 0.271. The molecule has 0 radical (unpaired) electrons. The highest BCUT2D eigenvalue weighted by Crippen LogP contribution is 2.35. The van der Waals surface area contributed by atoms with Crippen molar-refractivity contribution in [2.45, 2.75) is 46.0 Å².